The van der Waals surface area contributed by atoms with Gasteiger partial charge in [-0.1, -0.05) is 111 Å². The van der Waals surface area contributed by atoms with E-state index >= 15 is 0 Å². The van der Waals surface area contributed by atoms with Crippen LogP contribution in [0.1, 0.15) is 35.6 Å². The van der Waals surface area contributed by atoms with Crippen LogP contribution >= 0.6 is 7.92 Å². The van der Waals surface area contributed by atoms with Crippen LogP contribution in [0.3, 0.4) is 0 Å². The van der Waals surface area contributed by atoms with Crippen LogP contribution in [0.4, 0.5) is 0 Å². The highest BCUT2D eigenvalue weighted by molar-refractivity contribution is 7.57. The summed E-state index contributed by atoms with van der Waals surface area (Å²) >= 11 is 0. The molecule has 1 heterocycles. The number of hydrogen-bond donors (Lipinski definition) is 1. The summed E-state index contributed by atoms with van der Waals surface area (Å²) in [5.74, 6) is 0. The van der Waals surface area contributed by atoms with E-state index in [1.54, 1.807) is 0 Å². The zero-order chi connectivity index (χ0) is 22.9. The first-order valence-corrected chi connectivity index (χ1v) is 14.2. The molecule has 34 heavy (non-hydrogen) atoms. The van der Waals surface area contributed by atoms with E-state index in [2.05, 4.69) is 103 Å². The summed E-state index contributed by atoms with van der Waals surface area (Å²) in [4.78, 5) is 0. The first kappa shape index (κ1) is 21.5. The highest BCUT2D eigenvalue weighted by Gasteiger charge is 2.28. The molecule has 3 aromatic carbocycles. The molecule has 0 saturated heterocycles. The van der Waals surface area contributed by atoms with Crippen molar-refractivity contribution in [3.05, 3.63) is 137 Å². The Morgan fingerprint density at radius 2 is 1.65 bits per heavy atom. The number of fused-ring (bicyclic) bond motifs is 7. The second kappa shape index (κ2) is 9.34. The molecule has 0 fully saturated rings. The second-order valence-electron chi connectivity index (χ2n) is 9.56. The molecule has 2 heteroatoms. The number of hydrogen-bond acceptors (Lipinski definition) is 1. The zero-order valence-electron chi connectivity index (χ0n) is 19.5. The molecule has 2 atom stereocenters. The Kier molecular flexibility index (Phi) is 5.91. The van der Waals surface area contributed by atoms with Crippen LogP contribution in [0.5, 0.6) is 0 Å². The monoisotopic (exact) mass is 459 g/mol. The van der Waals surface area contributed by atoms with Crippen molar-refractivity contribution in [2.24, 2.45) is 5.73 Å². The predicted molar refractivity (Wildman–Crippen MR) is 148 cm³/mol. The maximum Gasteiger partial charge on any atom is 0.0334 e. The van der Waals surface area contributed by atoms with Crippen molar-refractivity contribution >= 4 is 24.3 Å². The molecule has 1 nitrogen and oxygen atoms in total. The fourth-order valence-corrected chi connectivity index (χ4v) is 8.20. The van der Waals surface area contributed by atoms with Gasteiger partial charge >= 0.3 is 0 Å². The normalized spacial score (nSPS) is 22.2. The van der Waals surface area contributed by atoms with Gasteiger partial charge in [-0.2, -0.15) is 0 Å². The van der Waals surface area contributed by atoms with Gasteiger partial charge in [0.05, 0.1) is 0 Å². The van der Waals surface area contributed by atoms with Gasteiger partial charge in [0.25, 0.3) is 0 Å². The van der Waals surface area contributed by atoms with Crippen molar-refractivity contribution < 1.29 is 0 Å². The molecule has 168 valence electrons. The van der Waals surface area contributed by atoms with E-state index in [0.717, 1.165) is 31.3 Å². The standard InChI is InChI=1S/C32H30NP/c33-30(25-11-4-2-5-12-25)22-34-20-27-16-15-23-9-3-1-6-13-26(19-23)31(27)32-28(21-34)18-17-24-10-7-8-14-29(24)32/h2-18,30H,1,19-22,33H2/b9-3-,13-6-. The Balaban J connectivity index is 1.52. The average molecular weight is 460 g/mol. The van der Waals surface area contributed by atoms with Crippen molar-refractivity contribution in [1.29, 1.82) is 0 Å². The highest BCUT2D eigenvalue weighted by atomic mass is 31.1. The number of allylic oxidation sites excluding steroid dienone is 10. The van der Waals surface area contributed by atoms with E-state index in [1.807, 2.05) is 0 Å². The lowest BCUT2D eigenvalue weighted by molar-refractivity contribution is 0.824. The first-order chi connectivity index (χ1) is 16.8. The lowest BCUT2D eigenvalue weighted by Gasteiger charge is -2.21. The quantitative estimate of drug-likeness (QED) is 0.394. The summed E-state index contributed by atoms with van der Waals surface area (Å²) in [6, 6.07) is 24.3. The smallest absolute Gasteiger partial charge is 0.0334 e. The fourth-order valence-electron chi connectivity index (χ4n) is 5.58. The summed E-state index contributed by atoms with van der Waals surface area (Å²) in [5.41, 5.74) is 16.8. The molecule has 6 rings (SSSR count). The largest absolute Gasteiger partial charge is 0.324 e. The first-order valence-electron chi connectivity index (χ1n) is 12.3. The maximum absolute atomic E-state index is 6.77. The molecule has 0 amide bonds. The Morgan fingerprint density at radius 1 is 0.824 bits per heavy atom. The predicted octanol–water partition coefficient (Wildman–Crippen LogP) is 8.06. The summed E-state index contributed by atoms with van der Waals surface area (Å²) in [7, 11) is -0.289. The number of rotatable bonds is 3. The minimum Gasteiger partial charge on any atom is -0.324 e. The molecule has 3 aliphatic rings. The van der Waals surface area contributed by atoms with Gasteiger partial charge in [0.15, 0.2) is 0 Å². The van der Waals surface area contributed by atoms with Gasteiger partial charge < -0.3 is 5.73 Å². The molecule has 2 N–H and O–H groups in total. The van der Waals surface area contributed by atoms with Crippen molar-refractivity contribution in [2.45, 2.75) is 25.0 Å². The SMILES string of the molecule is NC(CP1CC2=CC=C3/C=C\C/C=C\C(=C2c2c(ccc4ccccc24)C1)C3)c1ccccc1. The number of nitrogens with two attached hydrogens (primary N) is 1. The summed E-state index contributed by atoms with van der Waals surface area (Å²) in [5, 5.41) is 2.71. The summed E-state index contributed by atoms with van der Waals surface area (Å²) < 4.78 is 0. The van der Waals surface area contributed by atoms with Crippen LogP contribution < -0.4 is 5.73 Å². The van der Waals surface area contributed by atoms with Gasteiger partial charge in [0.2, 0.25) is 0 Å². The van der Waals surface area contributed by atoms with E-state index in [-0.39, 0.29) is 14.0 Å². The van der Waals surface area contributed by atoms with Crippen LogP contribution in [-0.2, 0) is 6.16 Å². The zero-order valence-corrected chi connectivity index (χ0v) is 20.3. The van der Waals surface area contributed by atoms with Crippen LogP contribution in [-0.4, -0.2) is 12.3 Å². The van der Waals surface area contributed by atoms with E-state index in [9.17, 15) is 0 Å². The van der Waals surface area contributed by atoms with Gasteiger partial charge in [-0.25, -0.2) is 0 Å². The molecule has 0 aromatic heterocycles. The molecule has 3 aromatic rings. The van der Waals surface area contributed by atoms with E-state index in [4.69, 9.17) is 5.73 Å². The molecule has 2 unspecified atom stereocenters. The van der Waals surface area contributed by atoms with Gasteiger partial charge in [0, 0.05) is 6.04 Å². The van der Waals surface area contributed by atoms with Gasteiger partial charge in [-0.3, -0.25) is 0 Å². The molecule has 0 radical (unpaired) electrons. The Hall–Kier alpha value is -2.99. The molecule has 2 bridgehead atoms. The van der Waals surface area contributed by atoms with Gasteiger partial charge in [-0.15, -0.1) is 0 Å². The lowest BCUT2D eigenvalue weighted by Crippen LogP contribution is -2.15. The minimum atomic E-state index is -0.289. The van der Waals surface area contributed by atoms with Crippen molar-refractivity contribution in [3.8, 4) is 0 Å². The summed E-state index contributed by atoms with van der Waals surface area (Å²) in [6.07, 6.45) is 19.4. The Morgan fingerprint density at radius 3 is 2.56 bits per heavy atom. The maximum atomic E-state index is 6.77. The third-order valence-corrected chi connectivity index (χ3v) is 9.68. The molecule has 0 spiro atoms. The van der Waals surface area contributed by atoms with Crippen LogP contribution in [0.2, 0.25) is 0 Å². The van der Waals surface area contributed by atoms with Crippen molar-refractivity contribution in [2.75, 3.05) is 12.3 Å². The molecule has 0 saturated carbocycles. The molecular weight excluding hydrogens is 429 g/mol. The van der Waals surface area contributed by atoms with Crippen LogP contribution in [0, 0.1) is 0 Å². The van der Waals surface area contributed by atoms with Crippen molar-refractivity contribution in [1.82, 2.24) is 0 Å². The Labute approximate surface area is 203 Å². The molecule has 2 aliphatic carbocycles. The van der Waals surface area contributed by atoms with Gasteiger partial charge in [0.1, 0.15) is 0 Å². The highest BCUT2D eigenvalue weighted by Crippen LogP contribution is 2.53. The number of benzene rings is 3. The molecular formula is C32H30NP. The van der Waals surface area contributed by atoms with E-state index in [0.29, 0.717) is 0 Å². The van der Waals surface area contributed by atoms with E-state index < -0.39 is 0 Å². The fraction of sp³-hybridized carbons (Fsp3) is 0.188. The average Bonchev–Trinajstić information content (AvgIpc) is 3.12. The van der Waals surface area contributed by atoms with Gasteiger partial charge in [-0.05, 0) is 81.1 Å². The van der Waals surface area contributed by atoms with Crippen molar-refractivity contribution in [3.63, 3.8) is 0 Å². The minimum absolute atomic E-state index is 0.0867. The van der Waals surface area contributed by atoms with E-state index in [1.165, 1.54) is 49.8 Å². The third-order valence-electron chi connectivity index (χ3n) is 7.19. The van der Waals surface area contributed by atoms with Crippen LogP contribution in [0.15, 0.2) is 120 Å². The van der Waals surface area contributed by atoms with Crippen LogP contribution in [0.25, 0.3) is 16.3 Å². The third kappa shape index (κ3) is 4.16. The lowest BCUT2D eigenvalue weighted by atomic mass is 9.86. The summed E-state index contributed by atoms with van der Waals surface area (Å²) in [6.45, 7) is 0. The molecule has 1 aliphatic heterocycles. The second-order valence-corrected chi connectivity index (χ2v) is 11.9. The topological polar surface area (TPSA) is 26.0 Å². The Bertz CT molecular complexity index is 1390.